The largest absolute Gasteiger partial charge is 0.462 e. The second-order valence-electron chi connectivity index (χ2n) is 7.17. The lowest BCUT2D eigenvalue weighted by Crippen LogP contribution is -2.28. The van der Waals surface area contributed by atoms with Gasteiger partial charge in [-0.2, -0.15) is 0 Å². The first kappa shape index (κ1) is 20.3. The highest BCUT2D eigenvalue weighted by atomic mass is 16.5. The van der Waals surface area contributed by atoms with Crippen molar-refractivity contribution in [3.05, 3.63) is 70.6 Å². The molecule has 2 heterocycles. The Morgan fingerprint density at radius 3 is 2.61 bits per heavy atom. The average molecular weight is 420 g/mol. The van der Waals surface area contributed by atoms with E-state index in [0.717, 1.165) is 0 Å². The molecule has 1 aliphatic heterocycles. The van der Waals surface area contributed by atoms with Gasteiger partial charge in [0, 0.05) is 35.8 Å². The monoisotopic (exact) mass is 420 g/mol. The Labute approximate surface area is 177 Å². The molecule has 1 aromatic heterocycles. The van der Waals surface area contributed by atoms with E-state index in [0.29, 0.717) is 27.9 Å². The molecule has 0 bridgehead atoms. The van der Waals surface area contributed by atoms with E-state index >= 15 is 0 Å². The van der Waals surface area contributed by atoms with Crippen molar-refractivity contribution >= 4 is 40.1 Å². The highest BCUT2D eigenvalue weighted by Crippen LogP contribution is 2.27. The Balaban J connectivity index is 1.44. The second-order valence-corrected chi connectivity index (χ2v) is 7.17. The second kappa shape index (κ2) is 8.43. The molecule has 1 saturated heterocycles. The maximum Gasteiger partial charge on any atom is 0.338 e. The first-order valence-electron chi connectivity index (χ1n) is 9.87. The summed E-state index contributed by atoms with van der Waals surface area (Å²) in [4.78, 5) is 49.8. The summed E-state index contributed by atoms with van der Waals surface area (Å²) < 4.78 is 10.0. The van der Waals surface area contributed by atoms with Crippen LogP contribution >= 0.6 is 0 Å². The number of nitrogens with zero attached hydrogens (tertiary/aromatic N) is 1. The molecule has 8 heteroatoms. The number of hydrogen-bond acceptors (Lipinski definition) is 6. The molecule has 0 spiro atoms. The minimum atomic E-state index is -0.512. The van der Waals surface area contributed by atoms with Crippen molar-refractivity contribution in [3.8, 4) is 0 Å². The topological polar surface area (TPSA) is 106 Å². The molecule has 1 atom stereocenters. The van der Waals surface area contributed by atoms with Crippen LogP contribution in [0.15, 0.2) is 63.8 Å². The van der Waals surface area contributed by atoms with E-state index in [1.54, 1.807) is 55.5 Å². The fourth-order valence-electron chi connectivity index (χ4n) is 3.52. The van der Waals surface area contributed by atoms with E-state index in [9.17, 15) is 19.2 Å². The van der Waals surface area contributed by atoms with Crippen LogP contribution in [0, 0.1) is 5.92 Å². The third kappa shape index (κ3) is 4.32. The minimum Gasteiger partial charge on any atom is -0.462 e. The molecule has 0 radical (unpaired) electrons. The van der Waals surface area contributed by atoms with Crippen molar-refractivity contribution in [2.45, 2.75) is 13.3 Å². The highest BCUT2D eigenvalue weighted by molar-refractivity contribution is 6.04. The standard InChI is InChI=1S/C23H20N2O6/c1-2-30-23(29)14-3-7-18(8-4-14)25-13-16(12-20(25)26)22(28)24-17-6-9-19-15(11-17)5-10-21(27)31-19/h3-11,16H,2,12-13H2,1H3,(H,24,28)/t16-/m1/s1. The number of anilines is 2. The van der Waals surface area contributed by atoms with Crippen LogP contribution in [0.25, 0.3) is 11.0 Å². The molecule has 1 aliphatic rings. The lowest BCUT2D eigenvalue weighted by Gasteiger charge is -2.17. The van der Waals surface area contributed by atoms with Gasteiger partial charge in [-0.25, -0.2) is 9.59 Å². The number of fused-ring (bicyclic) bond motifs is 1. The fraction of sp³-hybridized carbons (Fsp3) is 0.217. The zero-order chi connectivity index (χ0) is 22.0. The molecular formula is C23H20N2O6. The fourth-order valence-corrected chi connectivity index (χ4v) is 3.52. The van der Waals surface area contributed by atoms with Gasteiger partial charge in [-0.15, -0.1) is 0 Å². The van der Waals surface area contributed by atoms with Crippen LogP contribution in [0.5, 0.6) is 0 Å². The van der Waals surface area contributed by atoms with E-state index in [2.05, 4.69) is 5.32 Å². The number of carbonyl (C=O) groups excluding carboxylic acids is 3. The van der Waals surface area contributed by atoms with Crippen LogP contribution < -0.4 is 15.8 Å². The lowest BCUT2D eigenvalue weighted by molar-refractivity contribution is -0.122. The zero-order valence-electron chi connectivity index (χ0n) is 16.8. The number of ether oxygens (including phenoxy) is 1. The van der Waals surface area contributed by atoms with Gasteiger partial charge in [-0.3, -0.25) is 9.59 Å². The molecule has 2 aromatic carbocycles. The summed E-state index contributed by atoms with van der Waals surface area (Å²) in [6.07, 6.45) is 0.0912. The quantitative estimate of drug-likeness (QED) is 0.503. The number of amides is 2. The summed E-state index contributed by atoms with van der Waals surface area (Å²) >= 11 is 0. The van der Waals surface area contributed by atoms with Crippen molar-refractivity contribution in [3.63, 3.8) is 0 Å². The van der Waals surface area contributed by atoms with Crippen LogP contribution in [0.4, 0.5) is 11.4 Å². The van der Waals surface area contributed by atoms with E-state index < -0.39 is 17.5 Å². The summed E-state index contributed by atoms with van der Waals surface area (Å²) in [6, 6.07) is 14.4. The Morgan fingerprint density at radius 2 is 1.87 bits per heavy atom. The van der Waals surface area contributed by atoms with Gasteiger partial charge in [0.1, 0.15) is 5.58 Å². The van der Waals surface area contributed by atoms with Crippen LogP contribution in [0.2, 0.25) is 0 Å². The van der Waals surface area contributed by atoms with Crippen molar-refractivity contribution in [1.29, 1.82) is 0 Å². The number of nitrogens with one attached hydrogen (secondary N) is 1. The van der Waals surface area contributed by atoms with Crippen LogP contribution in [0.3, 0.4) is 0 Å². The SMILES string of the molecule is CCOC(=O)c1ccc(N2C[C@H](C(=O)Nc3ccc4oc(=O)ccc4c3)CC2=O)cc1. The average Bonchev–Trinajstić information content (AvgIpc) is 3.16. The van der Waals surface area contributed by atoms with E-state index in [-0.39, 0.29) is 31.4 Å². The molecule has 0 unspecified atom stereocenters. The van der Waals surface area contributed by atoms with Crippen LogP contribution in [-0.2, 0) is 14.3 Å². The van der Waals surface area contributed by atoms with Crippen molar-refractivity contribution < 1.29 is 23.5 Å². The molecular weight excluding hydrogens is 400 g/mol. The van der Waals surface area contributed by atoms with Gasteiger partial charge in [0.05, 0.1) is 18.1 Å². The van der Waals surface area contributed by atoms with Crippen LogP contribution in [0.1, 0.15) is 23.7 Å². The molecule has 8 nitrogen and oxygen atoms in total. The van der Waals surface area contributed by atoms with Crippen molar-refractivity contribution in [2.24, 2.45) is 5.92 Å². The van der Waals surface area contributed by atoms with Crippen molar-refractivity contribution in [2.75, 3.05) is 23.4 Å². The zero-order valence-corrected chi connectivity index (χ0v) is 16.8. The Hall–Kier alpha value is -3.94. The predicted octanol–water partition coefficient (Wildman–Crippen LogP) is 2.96. The maximum absolute atomic E-state index is 12.7. The number of hydrogen-bond donors (Lipinski definition) is 1. The van der Waals surface area contributed by atoms with Gasteiger partial charge in [0.15, 0.2) is 0 Å². The molecule has 31 heavy (non-hydrogen) atoms. The van der Waals surface area contributed by atoms with Gasteiger partial charge < -0.3 is 19.4 Å². The minimum absolute atomic E-state index is 0.0912. The van der Waals surface area contributed by atoms with E-state index in [4.69, 9.17) is 9.15 Å². The summed E-state index contributed by atoms with van der Waals surface area (Å²) in [6.45, 7) is 2.26. The highest BCUT2D eigenvalue weighted by Gasteiger charge is 2.35. The lowest BCUT2D eigenvalue weighted by atomic mass is 10.1. The summed E-state index contributed by atoms with van der Waals surface area (Å²) in [5, 5.41) is 3.51. The van der Waals surface area contributed by atoms with Gasteiger partial charge >= 0.3 is 11.6 Å². The molecule has 0 saturated carbocycles. The number of benzene rings is 2. The first-order chi connectivity index (χ1) is 14.9. The molecule has 1 fully saturated rings. The normalized spacial score (nSPS) is 15.8. The maximum atomic E-state index is 12.7. The predicted molar refractivity (Wildman–Crippen MR) is 114 cm³/mol. The molecule has 3 aromatic rings. The van der Waals surface area contributed by atoms with Crippen LogP contribution in [-0.4, -0.2) is 30.9 Å². The first-order valence-corrected chi connectivity index (χ1v) is 9.87. The summed E-state index contributed by atoms with van der Waals surface area (Å²) in [5.74, 6) is -1.37. The van der Waals surface area contributed by atoms with Gasteiger partial charge in [-0.1, -0.05) is 0 Å². The van der Waals surface area contributed by atoms with Crippen molar-refractivity contribution in [1.82, 2.24) is 0 Å². The Bertz CT molecular complexity index is 1210. The number of esters is 1. The molecule has 4 rings (SSSR count). The summed E-state index contributed by atoms with van der Waals surface area (Å²) in [5.41, 5.74) is 1.56. The van der Waals surface area contributed by atoms with Gasteiger partial charge in [0.2, 0.25) is 11.8 Å². The smallest absolute Gasteiger partial charge is 0.338 e. The third-order valence-corrected chi connectivity index (χ3v) is 5.07. The van der Waals surface area contributed by atoms with Gasteiger partial charge in [0.25, 0.3) is 0 Å². The molecule has 1 N–H and O–H groups in total. The molecule has 2 amide bonds. The van der Waals surface area contributed by atoms with E-state index in [1.807, 2.05) is 0 Å². The Kier molecular flexibility index (Phi) is 5.53. The number of rotatable bonds is 5. The number of carbonyl (C=O) groups is 3. The molecule has 0 aliphatic carbocycles. The summed E-state index contributed by atoms with van der Waals surface area (Å²) in [7, 11) is 0. The van der Waals surface area contributed by atoms with E-state index in [1.165, 1.54) is 11.0 Å². The third-order valence-electron chi connectivity index (χ3n) is 5.07. The molecule has 158 valence electrons. The van der Waals surface area contributed by atoms with Gasteiger partial charge in [-0.05, 0) is 55.5 Å². The Morgan fingerprint density at radius 1 is 1.10 bits per heavy atom.